The summed E-state index contributed by atoms with van der Waals surface area (Å²) in [6, 6.07) is 11.3. The zero-order chi connectivity index (χ0) is 17.2. The van der Waals surface area contributed by atoms with E-state index in [9.17, 15) is 0 Å². The SMILES string of the molecule is CCC(CC)c1ccnc(-c2ccc3c(c2)C2C=CC=CC2C=C3)c1. The van der Waals surface area contributed by atoms with Crippen molar-refractivity contribution in [3.05, 3.63) is 83.6 Å². The number of nitrogens with zero attached hydrogens (tertiary/aromatic N) is 1. The molecular formula is C24H25N. The number of fused-ring (bicyclic) bond motifs is 3. The smallest absolute Gasteiger partial charge is 0.0704 e. The molecule has 1 aromatic carbocycles. The third kappa shape index (κ3) is 3.00. The summed E-state index contributed by atoms with van der Waals surface area (Å²) in [5, 5.41) is 0. The van der Waals surface area contributed by atoms with Crippen LogP contribution in [0.2, 0.25) is 0 Å². The van der Waals surface area contributed by atoms with Gasteiger partial charge in [0.15, 0.2) is 0 Å². The minimum absolute atomic E-state index is 0.451. The van der Waals surface area contributed by atoms with Gasteiger partial charge in [0, 0.05) is 23.6 Å². The van der Waals surface area contributed by atoms with Crippen molar-refractivity contribution in [1.82, 2.24) is 4.98 Å². The molecule has 1 aromatic heterocycles. The standard InChI is InChI=1S/C24H25N/c1-3-17(4-2)20-13-14-25-24(16-20)21-12-11-19-10-9-18-7-5-6-8-22(18)23(19)15-21/h5-18,22H,3-4H2,1-2H3. The molecule has 0 spiro atoms. The normalized spacial score (nSPS) is 20.6. The van der Waals surface area contributed by atoms with Gasteiger partial charge in [-0.05, 0) is 53.6 Å². The lowest BCUT2D eigenvalue weighted by Crippen LogP contribution is -2.13. The maximum atomic E-state index is 4.66. The van der Waals surface area contributed by atoms with Crippen LogP contribution in [-0.4, -0.2) is 4.98 Å². The van der Waals surface area contributed by atoms with Crippen molar-refractivity contribution in [2.24, 2.45) is 5.92 Å². The van der Waals surface area contributed by atoms with E-state index in [1.807, 2.05) is 6.20 Å². The highest BCUT2D eigenvalue weighted by molar-refractivity contribution is 5.69. The van der Waals surface area contributed by atoms with Crippen molar-refractivity contribution < 1.29 is 0 Å². The lowest BCUT2D eigenvalue weighted by atomic mass is 9.76. The molecule has 0 saturated heterocycles. The quantitative estimate of drug-likeness (QED) is 0.624. The molecule has 2 unspecified atom stereocenters. The average molecular weight is 327 g/mol. The van der Waals surface area contributed by atoms with E-state index in [2.05, 4.69) is 85.6 Å². The average Bonchev–Trinajstić information content (AvgIpc) is 2.69. The molecule has 1 heterocycles. The number of aromatic nitrogens is 1. The topological polar surface area (TPSA) is 12.9 Å². The molecular weight excluding hydrogens is 302 g/mol. The summed E-state index contributed by atoms with van der Waals surface area (Å²) in [6.07, 6.45) is 17.8. The minimum atomic E-state index is 0.451. The van der Waals surface area contributed by atoms with E-state index < -0.39 is 0 Å². The van der Waals surface area contributed by atoms with Crippen LogP contribution in [0.4, 0.5) is 0 Å². The molecule has 0 radical (unpaired) electrons. The van der Waals surface area contributed by atoms with Crippen LogP contribution in [-0.2, 0) is 0 Å². The molecule has 0 fully saturated rings. The molecule has 0 aliphatic heterocycles. The van der Waals surface area contributed by atoms with Gasteiger partial charge in [0.2, 0.25) is 0 Å². The van der Waals surface area contributed by atoms with E-state index in [-0.39, 0.29) is 0 Å². The zero-order valence-corrected chi connectivity index (χ0v) is 15.0. The van der Waals surface area contributed by atoms with Gasteiger partial charge < -0.3 is 0 Å². The van der Waals surface area contributed by atoms with Crippen LogP contribution in [0.3, 0.4) is 0 Å². The fourth-order valence-corrected chi connectivity index (χ4v) is 4.13. The third-order valence-corrected chi connectivity index (χ3v) is 5.66. The Labute approximate surface area is 150 Å². The first kappa shape index (κ1) is 16.1. The van der Waals surface area contributed by atoms with Crippen molar-refractivity contribution in [1.29, 1.82) is 0 Å². The Morgan fingerprint density at radius 2 is 1.80 bits per heavy atom. The Hall–Kier alpha value is -2.41. The predicted octanol–water partition coefficient (Wildman–Crippen LogP) is 6.50. The molecule has 0 N–H and O–H groups in total. The Bertz CT molecular complexity index is 852. The van der Waals surface area contributed by atoms with Gasteiger partial charge in [0.25, 0.3) is 0 Å². The Morgan fingerprint density at radius 1 is 0.960 bits per heavy atom. The summed E-state index contributed by atoms with van der Waals surface area (Å²) >= 11 is 0. The molecule has 1 heteroatoms. The number of rotatable bonds is 4. The molecule has 126 valence electrons. The molecule has 2 atom stereocenters. The summed E-state index contributed by atoms with van der Waals surface area (Å²) in [5.74, 6) is 1.56. The van der Waals surface area contributed by atoms with Gasteiger partial charge in [-0.15, -0.1) is 0 Å². The molecule has 25 heavy (non-hydrogen) atoms. The van der Waals surface area contributed by atoms with Crippen molar-refractivity contribution in [3.8, 4) is 11.3 Å². The zero-order valence-electron chi connectivity index (χ0n) is 15.0. The van der Waals surface area contributed by atoms with E-state index in [1.54, 1.807) is 0 Å². The van der Waals surface area contributed by atoms with Gasteiger partial charge in [0.05, 0.1) is 5.69 Å². The van der Waals surface area contributed by atoms with Crippen LogP contribution in [0.25, 0.3) is 17.3 Å². The molecule has 2 aliphatic carbocycles. The van der Waals surface area contributed by atoms with Gasteiger partial charge >= 0.3 is 0 Å². The molecule has 0 bridgehead atoms. The van der Waals surface area contributed by atoms with E-state index in [0.717, 1.165) is 5.69 Å². The van der Waals surface area contributed by atoms with Gasteiger partial charge in [-0.1, -0.05) is 62.4 Å². The van der Waals surface area contributed by atoms with E-state index >= 15 is 0 Å². The van der Waals surface area contributed by atoms with E-state index in [4.69, 9.17) is 0 Å². The number of benzene rings is 1. The second-order valence-electron chi connectivity index (χ2n) is 7.06. The number of pyridine rings is 1. The Kier molecular flexibility index (Phi) is 4.40. The molecule has 0 saturated carbocycles. The fraction of sp³-hybridized carbons (Fsp3) is 0.292. The van der Waals surface area contributed by atoms with Crippen molar-refractivity contribution in [2.75, 3.05) is 0 Å². The monoisotopic (exact) mass is 327 g/mol. The second-order valence-corrected chi connectivity index (χ2v) is 7.06. The van der Waals surface area contributed by atoms with Gasteiger partial charge in [-0.3, -0.25) is 4.98 Å². The summed E-state index contributed by atoms with van der Waals surface area (Å²) in [5.41, 5.74) is 6.48. The van der Waals surface area contributed by atoms with Gasteiger partial charge in [0.1, 0.15) is 0 Å². The van der Waals surface area contributed by atoms with Crippen LogP contribution >= 0.6 is 0 Å². The molecule has 4 rings (SSSR count). The lowest BCUT2D eigenvalue weighted by Gasteiger charge is -2.27. The number of allylic oxidation sites excluding steroid dienone is 5. The van der Waals surface area contributed by atoms with E-state index in [0.29, 0.717) is 17.8 Å². The Morgan fingerprint density at radius 3 is 2.64 bits per heavy atom. The van der Waals surface area contributed by atoms with Crippen LogP contribution in [0.5, 0.6) is 0 Å². The van der Waals surface area contributed by atoms with Crippen molar-refractivity contribution >= 4 is 6.08 Å². The molecule has 2 aliphatic rings. The first-order chi connectivity index (χ1) is 12.3. The number of hydrogen-bond acceptors (Lipinski definition) is 1. The largest absolute Gasteiger partial charge is 0.256 e. The summed E-state index contributed by atoms with van der Waals surface area (Å²) in [4.78, 5) is 4.66. The Balaban J connectivity index is 1.74. The van der Waals surface area contributed by atoms with Crippen molar-refractivity contribution in [3.63, 3.8) is 0 Å². The first-order valence-electron chi connectivity index (χ1n) is 9.43. The van der Waals surface area contributed by atoms with Gasteiger partial charge in [-0.2, -0.15) is 0 Å². The number of hydrogen-bond donors (Lipinski definition) is 0. The summed E-state index contributed by atoms with van der Waals surface area (Å²) < 4.78 is 0. The fourth-order valence-electron chi connectivity index (χ4n) is 4.13. The lowest BCUT2D eigenvalue weighted by molar-refractivity contribution is 0.641. The second kappa shape index (κ2) is 6.84. The molecule has 0 amide bonds. The van der Waals surface area contributed by atoms with E-state index in [1.165, 1.54) is 35.1 Å². The third-order valence-electron chi connectivity index (χ3n) is 5.66. The maximum absolute atomic E-state index is 4.66. The molecule has 1 nitrogen and oxygen atoms in total. The molecule has 2 aromatic rings. The van der Waals surface area contributed by atoms with Crippen LogP contribution in [0.1, 0.15) is 55.2 Å². The summed E-state index contributed by atoms with van der Waals surface area (Å²) in [7, 11) is 0. The van der Waals surface area contributed by atoms with Crippen molar-refractivity contribution in [2.45, 2.75) is 38.5 Å². The van der Waals surface area contributed by atoms with Crippen LogP contribution < -0.4 is 0 Å². The highest BCUT2D eigenvalue weighted by Crippen LogP contribution is 2.39. The van der Waals surface area contributed by atoms with Crippen LogP contribution in [0.15, 0.2) is 66.9 Å². The maximum Gasteiger partial charge on any atom is 0.0704 e. The predicted molar refractivity (Wildman–Crippen MR) is 107 cm³/mol. The van der Waals surface area contributed by atoms with Crippen LogP contribution in [0, 0.1) is 5.92 Å². The highest BCUT2D eigenvalue weighted by atomic mass is 14.7. The highest BCUT2D eigenvalue weighted by Gasteiger charge is 2.24. The first-order valence-corrected chi connectivity index (χ1v) is 9.43. The van der Waals surface area contributed by atoms with Gasteiger partial charge in [-0.25, -0.2) is 0 Å². The summed E-state index contributed by atoms with van der Waals surface area (Å²) in [6.45, 7) is 4.53. The minimum Gasteiger partial charge on any atom is -0.256 e.